The molecule has 2 aliphatic heterocycles. The maximum Gasteiger partial charge on any atom is 0.220 e. The molecule has 2 fully saturated rings. The van der Waals surface area contributed by atoms with Crippen LogP contribution in [-0.4, -0.2) is 140 Å². The summed E-state index contributed by atoms with van der Waals surface area (Å²) in [6.07, 6.45) is 43.7. The molecule has 0 spiro atoms. The molecule has 9 N–H and O–H groups in total. The van der Waals surface area contributed by atoms with Gasteiger partial charge in [0.1, 0.15) is 48.8 Å². The first-order valence-electron chi connectivity index (χ1n) is 25.9. The van der Waals surface area contributed by atoms with Gasteiger partial charge in [-0.2, -0.15) is 0 Å². The number of allylic oxidation sites excluding steroid dienone is 21. The van der Waals surface area contributed by atoms with Crippen LogP contribution in [0.25, 0.3) is 0 Å². The molecule has 0 aliphatic carbocycles. The summed E-state index contributed by atoms with van der Waals surface area (Å²) in [5.41, 5.74) is 0. The minimum atomic E-state index is -1.80. The minimum absolute atomic E-state index is 0.204. The van der Waals surface area contributed by atoms with E-state index in [0.29, 0.717) is 12.8 Å². The molecule has 71 heavy (non-hydrogen) atoms. The van der Waals surface area contributed by atoms with Crippen molar-refractivity contribution < 1.29 is 64.6 Å². The molecule has 2 aliphatic rings. The smallest absolute Gasteiger partial charge is 0.220 e. The Morgan fingerprint density at radius 3 is 1.44 bits per heavy atom. The average molecular weight is 996 g/mol. The quantitative estimate of drug-likeness (QED) is 0.0221. The van der Waals surface area contributed by atoms with Crippen LogP contribution in [0.2, 0.25) is 0 Å². The van der Waals surface area contributed by atoms with Crippen molar-refractivity contribution in [2.45, 2.75) is 197 Å². The molecule has 12 atom stereocenters. The predicted octanol–water partition coefficient (Wildman–Crippen LogP) is 7.26. The molecule has 400 valence electrons. The number of carbonyl (C=O) groups is 1. The van der Waals surface area contributed by atoms with Crippen molar-refractivity contribution in [2.24, 2.45) is 0 Å². The van der Waals surface area contributed by atoms with Crippen molar-refractivity contribution in [1.82, 2.24) is 5.32 Å². The Morgan fingerprint density at radius 2 is 0.930 bits per heavy atom. The van der Waals surface area contributed by atoms with Crippen LogP contribution in [0, 0.1) is 0 Å². The number of hydrogen-bond acceptors (Lipinski definition) is 13. The fourth-order valence-electron chi connectivity index (χ4n) is 7.40. The van der Waals surface area contributed by atoms with Gasteiger partial charge in [0.25, 0.3) is 0 Å². The van der Waals surface area contributed by atoms with Gasteiger partial charge in [-0.05, 0) is 103 Å². The predicted molar refractivity (Wildman–Crippen MR) is 281 cm³/mol. The second-order valence-corrected chi connectivity index (χ2v) is 17.5. The summed E-state index contributed by atoms with van der Waals surface area (Å²) in [7, 11) is 0. The number of amides is 1. The molecular formula is C57H89NO13. The highest BCUT2D eigenvalue weighted by Gasteiger charge is 2.51. The molecule has 2 saturated heterocycles. The number of aliphatic hydroxyl groups is 8. The van der Waals surface area contributed by atoms with Crippen LogP contribution in [0.4, 0.5) is 0 Å². The van der Waals surface area contributed by atoms with Gasteiger partial charge in [-0.15, -0.1) is 0 Å². The number of carbonyl (C=O) groups excluding carboxylic acids is 1. The van der Waals surface area contributed by atoms with Crippen LogP contribution < -0.4 is 5.32 Å². The molecule has 0 aromatic rings. The molecule has 14 heteroatoms. The molecule has 2 rings (SSSR count). The van der Waals surface area contributed by atoms with Gasteiger partial charge in [0.05, 0.1) is 32.0 Å². The Balaban J connectivity index is 1.80. The van der Waals surface area contributed by atoms with Gasteiger partial charge in [0, 0.05) is 6.42 Å². The van der Waals surface area contributed by atoms with Crippen molar-refractivity contribution in [2.75, 3.05) is 19.8 Å². The molecule has 0 aromatic carbocycles. The van der Waals surface area contributed by atoms with E-state index in [2.05, 4.69) is 141 Å². The number of nitrogens with one attached hydrogen (secondary N) is 1. The largest absolute Gasteiger partial charge is 0.394 e. The zero-order valence-electron chi connectivity index (χ0n) is 42.4. The van der Waals surface area contributed by atoms with Gasteiger partial charge in [-0.3, -0.25) is 4.79 Å². The third kappa shape index (κ3) is 28.2. The Hall–Kier alpha value is -3.87. The number of unbranched alkanes of at least 4 members (excludes halogenated alkanes) is 4. The van der Waals surface area contributed by atoms with Gasteiger partial charge in [0.15, 0.2) is 12.6 Å². The van der Waals surface area contributed by atoms with Crippen LogP contribution in [0.5, 0.6) is 0 Å². The zero-order valence-corrected chi connectivity index (χ0v) is 42.4. The summed E-state index contributed by atoms with van der Waals surface area (Å²) in [6, 6.07) is -0.970. The lowest BCUT2D eigenvalue weighted by atomic mass is 9.97. The highest BCUT2D eigenvalue weighted by molar-refractivity contribution is 5.76. The average Bonchev–Trinajstić information content (AvgIpc) is 3.37. The summed E-state index contributed by atoms with van der Waals surface area (Å²) in [4.78, 5) is 13.1. The van der Waals surface area contributed by atoms with E-state index in [1.54, 1.807) is 6.08 Å². The molecule has 0 saturated carbocycles. The second kappa shape index (κ2) is 41.6. The van der Waals surface area contributed by atoms with Crippen molar-refractivity contribution >= 4 is 5.91 Å². The van der Waals surface area contributed by atoms with Crippen LogP contribution >= 0.6 is 0 Å². The summed E-state index contributed by atoms with van der Waals surface area (Å²) < 4.78 is 22.6. The molecule has 12 unspecified atom stereocenters. The summed E-state index contributed by atoms with van der Waals surface area (Å²) >= 11 is 0. The third-order valence-electron chi connectivity index (χ3n) is 11.6. The second-order valence-electron chi connectivity index (χ2n) is 17.5. The van der Waals surface area contributed by atoms with Crippen LogP contribution in [0.1, 0.15) is 123 Å². The molecule has 0 bridgehead atoms. The van der Waals surface area contributed by atoms with E-state index >= 15 is 0 Å². The molecule has 1 amide bonds. The van der Waals surface area contributed by atoms with Gasteiger partial charge >= 0.3 is 0 Å². The fraction of sp³-hybridized carbons (Fsp3) is 0.596. The van der Waals surface area contributed by atoms with Gasteiger partial charge < -0.3 is 65.1 Å². The third-order valence-corrected chi connectivity index (χ3v) is 11.6. The van der Waals surface area contributed by atoms with Gasteiger partial charge in [-0.1, -0.05) is 148 Å². The molecular weight excluding hydrogens is 907 g/mol. The SMILES string of the molecule is CC/C=C\C/C=C\C/C=C\C/C=C\C/C=C\C/C=C\C/C=C\C/C=C\CCCCC(=O)NC(COC1OC(CO)C(OC2OC(CO)C(O)C(O)C2O)C(O)C1O)C(O)/C=C/CC/C=C/CC/C=C/CC. The lowest BCUT2D eigenvalue weighted by Gasteiger charge is -2.46. The highest BCUT2D eigenvalue weighted by atomic mass is 16.7. The van der Waals surface area contributed by atoms with E-state index in [1.165, 1.54) is 0 Å². The van der Waals surface area contributed by atoms with Crippen molar-refractivity contribution in [3.8, 4) is 0 Å². The number of aliphatic hydroxyl groups excluding tert-OH is 8. The molecule has 2 heterocycles. The van der Waals surface area contributed by atoms with E-state index in [9.17, 15) is 45.6 Å². The first-order chi connectivity index (χ1) is 34.6. The van der Waals surface area contributed by atoms with Gasteiger partial charge in [-0.25, -0.2) is 0 Å². The lowest BCUT2D eigenvalue weighted by Crippen LogP contribution is -2.65. The van der Waals surface area contributed by atoms with E-state index in [0.717, 1.165) is 89.9 Å². The topological polar surface area (TPSA) is 228 Å². The number of rotatable bonds is 37. The summed E-state index contributed by atoms with van der Waals surface area (Å²) in [5, 5.41) is 86.5. The van der Waals surface area contributed by atoms with E-state index in [-0.39, 0.29) is 18.9 Å². The zero-order chi connectivity index (χ0) is 51.7. The normalized spacial score (nSPS) is 26.9. The minimum Gasteiger partial charge on any atom is -0.394 e. The Kier molecular flexibility index (Phi) is 37.0. The molecule has 0 radical (unpaired) electrons. The Labute approximate surface area is 424 Å². The maximum absolute atomic E-state index is 13.1. The first kappa shape index (κ1) is 63.2. The fourth-order valence-corrected chi connectivity index (χ4v) is 7.40. The van der Waals surface area contributed by atoms with E-state index in [4.69, 9.17) is 18.9 Å². The van der Waals surface area contributed by atoms with Crippen LogP contribution in [-0.2, 0) is 23.7 Å². The monoisotopic (exact) mass is 996 g/mol. The summed E-state index contributed by atoms with van der Waals surface area (Å²) in [6.45, 7) is 2.44. The lowest BCUT2D eigenvalue weighted by molar-refractivity contribution is -0.359. The maximum atomic E-state index is 13.1. The van der Waals surface area contributed by atoms with Crippen LogP contribution in [0.15, 0.2) is 134 Å². The molecule has 14 nitrogen and oxygen atoms in total. The van der Waals surface area contributed by atoms with E-state index < -0.39 is 86.8 Å². The number of hydrogen-bond donors (Lipinski definition) is 9. The van der Waals surface area contributed by atoms with Crippen molar-refractivity contribution in [3.63, 3.8) is 0 Å². The van der Waals surface area contributed by atoms with E-state index in [1.807, 2.05) is 6.08 Å². The first-order valence-corrected chi connectivity index (χ1v) is 25.9. The Bertz CT molecular complexity index is 1700. The highest BCUT2D eigenvalue weighted by Crippen LogP contribution is 2.30. The number of ether oxygens (including phenoxy) is 4. The van der Waals surface area contributed by atoms with Gasteiger partial charge in [0.2, 0.25) is 5.91 Å². The van der Waals surface area contributed by atoms with Crippen molar-refractivity contribution in [3.05, 3.63) is 134 Å². The standard InChI is InChI=1S/C57H89NO13/c1-3-5-7-9-11-13-15-16-17-18-19-20-21-22-23-24-25-26-27-28-29-30-31-33-35-37-39-41-49(62)58-45(46(61)40-38-36-34-32-14-12-10-8-6-4-2)44-68-56-54(67)52(65)55(48(43-60)70-56)71-57-53(66)51(64)50(63)47(42-59)69-57/h5-8,11,13-14,16-17,19-20,22-23,25-26,28-29,31-33,38,40,45-48,50-57,59-61,63-67H,3-4,9-10,12,15,18,21,24,27,30,34-37,39,41-44H2,1-2H3,(H,58,62)/b7-5-,8-6+,13-11-,17-16-,20-19-,23-22-,26-25-,29-28-,32-14+,33-31-,40-38+. The van der Waals surface area contributed by atoms with Crippen LogP contribution in [0.3, 0.4) is 0 Å². The Morgan fingerprint density at radius 1 is 0.507 bits per heavy atom. The summed E-state index contributed by atoms with van der Waals surface area (Å²) in [5.74, 6) is -0.307. The van der Waals surface area contributed by atoms with Crippen molar-refractivity contribution in [1.29, 1.82) is 0 Å². The molecule has 0 aromatic heterocycles.